The fourth-order valence-electron chi connectivity index (χ4n) is 3.15. The van der Waals surface area contributed by atoms with Crippen LogP contribution in [0.3, 0.4) is 0 Å². The Labute approximate surface area is 171 Å². The zero-order chi connectivity index (χ0) is 21.3. The van der Waals surface area contributed by atoms with Gasteiger partial charge < -0.3 is 9.73 Å². The number of carbonyl (C=O) groups is 2. The van der Waals surface area contributed by atoms with Gasteiger partial charge in [-0.1, -0.05) is 42.0 Å². The molecule has 3 amide bonds. The molecule has 150 valence electrons. The molecule has 0 spiro atoms. The van der Waals surface area contributed by atoms with E-state index in [1.165, 1.54) is 12.1 Å². The lowest BCUT2D eigenvalue weighted by molar-refractivity contribution is -0.384. The van der Waals surface area contributed by atoms with E-state index in [9.17, 15) is 19.7 Å². The topological polar surface area (TPSA) is 106 Å². The number of nitro groups is 1. The maximum Gasteiger partial charge on any atom is 0.329 e. The first-order valence-corrected chi connectivity index (χ1v) is 9.16. The van der Waals surface area contributed by atoms with Crippen LogP contribution in [-0.4, -0.2) is 21.8 Å². The Hall–Kier alpha value is -4.20. The summed E-state index contributed by atoms with van der Waals surface area (Å²) < 4.78 is 5.67. The molecule has 8 heteroatoms. The van der Waals surface area contributed by atoms with Crippen LogP contribution in [0, 0.1) is 17.0 Å². The molecule has 2 aromatic carbocycles. The Morgan fingerprint density at radius 3 is 2.53 bits per heavy atom. The quantitative estimate of drug-likeness (QED) is 0.297. The zero-order valence-corrected chi connectivity index (χ0v) is 16.0. The summed E-state index contributed by atoms with van der Waals surface area (Å²) in [7, 11) is 0. The predicted octanol–water partition coefficient (Wildman–Crippen LogP) is 4.26. The number of furan rings is 1. The molecule has 1 N–H and O–H groups in total. The number of nitro benzene ring substituents is 1. The lowest BCUT2D eigenvalue weighted by Gasteiger charge is -2.11. The molecule has 1 aromatic heterocycles. The molecule has 1 saturated heterocycles. The van der Waals surface area contributed by atoms with Gasteiger partial charge in [-0.15, -0.1) is 0 Å². The summed E-state index contributed by atoms with van der Waals surface area (Å²) in [6.45, 7) is 2.11. The second-order valence-electron chi connectivity index (χ2n) is 6.84. The Balaban J connectivity index is 1.56. The van der Waals surface area contributed by atoms with Crippen molar-refractivity contribution in [3.05, 3.63) is 93.4 Å². The molecule has 0 aliphatic carbocycles. The van der Waals surface area contributed by atoms with Crippen LogP contribution in [0.4, 0.5) is 10.5 Å². The largest absolute Gasteiger partial charge is 0.456 e. The van der Waals surface area contributed by atoms with Crippen LogP contribution < -0.4 is 5.32 Å². The lowest BCUT2D eigenvalue weighted by atomic mass is 10.1. The van der Waals surface area contributed by atoms with Crippen LogP contribution in [0.5, 0.6) is 0 Å². The Bertz CT molecular complexity index is 1180. The normalized spacial score (nSPS) is 15.0. The minimum atomic E-state index is -0.516. The first-order valence-electron chi connectivity index (χ1n) is 9.16. The summed E-state index contributed by atoms with van der Waals surface area (Å²) in [5.74, 6) is 0.121. The van der Waals surface area contributed by atoms with Gasteiger partial charge in [-0.25, -0.2) is 4.79 Å². The summed E-state index contributed by atoms with van der Waals surface area (Å²) in [5.41, 5.74) is 2.25. The van der Waals surface area contributed by atoms with Gasteiger partial charge in [0.05, 0.1) is 17.0 Å². The van der Waals surface area contributed by atoms with Gasteiger partial charge in [0.25, 0.3) is 11.6 Å². The maximum absolute atomic E-state index is 12.7. The molecular weight excluding hydrogens is 386 g/mol. The van der Waals surface area contributed by atoms with E-state index in [1.54, 1.807) is 30.3 Å². The fraction of sp³-hybridized carbons (Fsp3) is 0.0909. The van der Waals surface area contributed by atoms with E-state index >= 15 is 0 Å². The van der Waals surface area contributed by atoms with Crippen molar-refractivity contribution in [3.63, 3.8) is 0 Å². The maximum atomic E-state index is 12.7. The van der Waals surface area contributed by atoms with Gasteiger partial charge in [-0.2, -0.15) is 0 Å². The third-order valence-corrected chi connectivity index (χ3v) is 4.70. The van der Waals surface area contributed by atoms with Crippen molar-refractivity contribution in [2.24, 2.45) is 0 Å². The third kappa shape index (κ3) is 3.70. The van der Waals surface area contributed by atoms with Crippen LogP contribution in [0.2, 0.25) is 0 Å². The number of rotatable bonds is 5. The van der Waals surface area contributed by atoms with Crippen molar-refractivity contribution in [1.82, 2.24) is 10.2 Å². The third-order valence-electron chi connectivity index (χ3n) is 4.70. The molecule has 0 saturated carbocycles. The van der Waals surface area contributed by atoms with Gasteiger partial charge in [0.2, 0.25) is 0 Å². The molecule has 30 heavy (non-hydrogen) atoms. The molecule has 1 fully saturated rings. The SMILES string of the molecule is Cc1ccc(CN2C(=O)N/C(=C\c3ccc(-c4ccccc4[N+](=O)[O-])o3)C2=O)cc1. The van der Waals surface area contributed by atoms with Crippen LogP contribution in [-0.2, 0) is 11.3 Å². The molecule has 3 aromatic rings. The van der Waals surface area contributed by atoms with Gasteiger partial charge in [-0.3, -0.25) is 19.8 Å². The van der Waals surface area contributed by atoms with Gasteiger partial charge in [-0.05, 0) is 30.7 Å². The molecule has 1 aliphatic heterocycles. The first kappa shape index (κ1) is 19.1. The van der Waals surface area contributed by atoms with Crippen LogP contribution >= 0.6 is 0 Å². The molecule has 1 aliphatic rings. The highest BCUT2D eigenvalue weighted by atomic mass is 16.6. The fourth-order valence-corrected chi connectivity index (χ4v) is 3.15. The number of aryl methyl sites for hydroxylation is 1. The Kier molecular flexibility index (Phi) is 4.89. The molecular formula is C22H17N3O5. The summed E-state index contributed by atoms with van der Waals surface area (Å²) in [6.07, 6.45) is 1.41. The molecule has 0 unspecified atom stereocenters. The summed E-state index contributed by atoms with van der Waals surface area (Å²) in [5, 5.41) is 13.8. The number of nitrogens with zero attached hydrogens (tertiary/aromatic N) is 2. The highest BCUT2D eigenvalue weighted by molar-refractivity contribution is 6.13. The molecule has 0 radical (unpaired) electrons. The average Bonchev–Trinajstić information content (AvgIpc) is 3.30. The monoisotopic (exact) mass is 403 g/mol. The Morgan fingerprint density at radius 1 is 1.07 bits per heavy atom. The van der Waals surface area contributed by atoms with Gasteiger partial charge in [0.15, 0.2) is 0 Å². The van der Waals surface area contributed by atoms with Gasteiger partial charge in [0, 0.05) is 12.1 Å². The van der Waals surface area contributed by atoms with Crippen molar-refractivity contribution in [1.29, 1.82) is 0 Å². The summed E-state index contributed by atoms with van der Waals surface area (Å²) in [4.78, 5) is 36.8. The molecule has 8 nitrogen and oxygen atoms in total. The number of para-hydroxylation sites is 1. The number of carbonyl (C=O) groups excluding carboxylic acids is 2. The molecule has 2 heterocycles. The van der Waals surface area contributed by atoms with Gasteiger partial charge in [0.1, 0.15) is 17.2 Å². The first-order chi connectivity index (χ1) is 14.4. The summed E-state index contributed by atoms with van der Waals surface area (Å²) in [6, 6.07) is 16.4. The van der Waals surface area contributed by atoms with Crippen molar-refractivity contribution in [2.45, 2.75) is 13.5 Å². The lowest BCUT2D eigenvalue weighted by Crippen LogP contribution is -2.30. The number of hydrogen-bond donors (Lipinski definition) is 1. The summed E-state index contributed by atoms with van der Waals surface area (Å²) >= 11 is 0. The second-order valence-corrected chi connectivity index (χ2v) is 6.84. The number of hydrogen-bond acceptors (Lipinski definition) is 5. The van der Waals surface area contributed by atoms with Crippen molar-refractivity contribution in [3.8, 4) is 11.3 Å². The van der Waals surface area contributed by atoms with E-state index in [0.717, 1.165) is 16.0 Å². The highest BCUT2D eigenvalue weighted by Gasteiger charge is 2.33. The highest BCUT2D eigenvalue weighted by Crippen LogP contribution is 2.31. The van der Waals surface area contributed by atoms with E-state index in [4.69, 9.17) is 4.42 Å². The number of imide groups is 1. The number of amides is 3. The number of benzene rings is 2. The van der Waals surface area contributed by atoms with Crippen molar-refractivity contribution >= 4 is 23.7 Å². The number of nitrogens with one attached hydrogen (secondary N) is 1. The molecule has 0 bridgehead atoms. The van der Waals surface area contributed by atoms with Crippen LogP contribution in [0.1, 0.15) is 16.9 Å². The van der Waals surface area contributed by atoms with Crippen molar-refractivity contribution < 1.29 is 18.9 Å². The predicted molar refractivity (Wildman–Crippen MR) is 109 cm³/mol. The zero-order valence-electron chi connectivity index (χ0n) is 16.0. The van der Waals surface area contributed by atoms with E-state index in [1.807, 2.05) is 31.2 Å². The smallest absolute Gasteiger partial charge is 0.329 e. The van der Waals surface area contributed by atoms with Crippen LogP contribution in [0.25, 0.3) is 17.4 Å². The van der Waals surface area contributed by atoms with Crippen molar-refractivity contribution in [2.75, 3.05) is 0 Å². The second kappa shape index (κ2) is 7.67. The van der Waals surface area contributed by atoms with E-state index in [-0.39, 0.29) is 17.9 Å². The minimum absolute atomic E-state index is 0.0792. The van der Waals surface area contributed by atoms with E-state index in [0.29, 0.717) is 17.1 Å². The van der Waals surface area contributed by atoms with Gasteiger partial charge >= 0.3 is 6.03 Å². The standard InChI is InChI=1S/C22H17N3O5/c1-14-6-8-15(9-7-14)13-24-21(26)18(23-22(24)27)12-16-10-11-20(30-16)17-4-2-3-5-19(17)25(28)29/h2-12H,13H2,1H3,(H,23,27)/b18-12-. The van der Waals surface area contributed by atoms with E-state index in [2.05, 4.69) is 5.32 Å². The minimum Gasteiger partial charge on any atom is -0.456 e. The average molecular weight is 403 g/mol. The van der Waals surface area contributed by atoms with E-state index < -0.39 is 16.9 Å². The van der Waals surface area contributed by atoms with Crippen LogP contribution in [0.15, 0.2) is 70.8 Å². The number of urea groups is 1. The Morgan fingerprint density at radius 2 is 1.80 bits per heavy atom. The molecule has 4 rings (SSSR count). The molecule has 0 atom stereocenters.